The first-order valence-electron chi connectivity index (χ1n) is 8.22. The quantitative estimate of drug-likeness (QED) is 0.417. The van der Waals surface area contributed by atoms with Gasteiger partial charge in [-0.2, -0.15) is 0 Å². The molecule has 0 aliphatic carbocycles. The molecule has 4 rings (SSSR count). The van der Waals surface area contributed by atoms with Gasteiger partial charge in [0, 0.05) is 17.8 Å². The minimum atomic E-state index is -1.69. The van der Waals surface area contributed by atoms with Crippen molar-refractivity contribution < 1.29 is 29.7 Å². The van der Waals surface area contributed by atoms with Crippen molar-refractivity contribution in [1.82, 2.24) is 20.0 Å². The lowest BCUT2D eigenvalue weighted by Crippen LogP contribution is -2.44. The van der Waals surface area contributed by atoms with Crippen LogP contribution in [0.25, 0.3) is 16.7 Å². The summed E-state index contributed by atoms with van der Waals surface area (Å²) in [5, 5.41) is 33.7. The number of anilines is 1. The SMILES string of the molecule is CONC1=CC(=O)Nc2ncnc3c2c1cn3[C@@H]1O[C@H](CO)[C@@H](O)C1(C)O. The highest BCUT2D eigenvalue weighted by Crippen LogP contribution is 2.42. The van der Waals surface area contributed by atoms with Crippen LogP contribution in [0.3, 0.4) is 0 Å². The van der Waals surface area contributed by atoms with Gasteiger partial charge in [0.1, 0.15) is 35.6 Å². The van der Waals surface area contributed by atoms with E-state index in [1.54, 1.807) is 6.20 Å². The van der Waals surface area contributed by atoms with Crippen LogP contribution in [-0.2, 0) is 14.4 Å². The normalized spacial score (nSPS) is 30.2. The van der Waals surface area contributed by atoms with Crippen molar-refractivity contribution in [3.05, 3.63) is 24.2 Å². The Morgan fingerprint density at radius 2 is 2.26 bits per heavy atom. The third-order valence-electron chi connectivity index (χ3n) is 4.82. The van der Waals surface area contributed by atoms with Gasteiger partial charge < -0.3 is 29.9 Å². The van der Waals surface area contributed by atoms with Gasteiger partial charge in [-0.3, -0.25) is 15.1 Å². The average molecular weight is 377 g/mol. The molecule has 0 spiro atoms. The van der Waals surface area contributed by atoms with E-state index in [9.17, 15) is 20.1 Å². The molecule has 2 aliphatic heterocycles. The van der Waals surface area contributed by atoms with E-state index < -0.39 is 36.6 Å². The van der Waals surface area contributed by atoms with Gasteiger partial charge in [0.25, 0.3) is 5.91 Å². The van der Waals surface area contributed by atoms with Gasteiger partial charge in [0.15, 0.2) is 6.23 Å². The number of carbonyl (C=O) groups is 1. The molecule has 0 aromatic carbocycles. The molecule has 0 radical (unpaired) electrons. The number of rotatable bonds is 4. The first-order chi connectivity index (χ1) is 12.9. The smallest absolute Gasteiger partial charge is 0.251 e. The molecule has 2 aliphatic rings. The lowest BCUT2D eigenvalue weighted by Gasteiger charge is -2.27. The zero-order chi connectivity index (χ0) is 19.3. The maximum atomic E-state index is 12.1. The van der Waals surface area contributed by atoms with Crippen LogP contribution in [0.1, 0.15) is 18.7 Å². The summed E-state index contributed by atoms with van der Waals surface area (Å²) in [6.45, 7) is 0.968. The number of aliphatic hydroxyl groups is 3. The summed E-state index contributed by atoms with van der Waals surface area (Å²) in [5.41, 5.74) is 2.24. The van der Waals surface area contributed by atoms with Crippen LogP contribution >= 0.6 is 0 Å². The van der Waals surface area contributed by atoms with E-state index in [0.717, 1.165) is 0 Å². The number of nitrogens with one attached hydrogen (secondary N) is 2. The lowest BCUT2D eigenvalue weighted by molar-refractivity contribution is -0.111. The molecule has 2 aromatic heterocycles. The Balaban J connectivity index is 1.92. The van der Waals surface area contributed by atoms with Crippen LogP contribution in [0.4, 0.5) is 5.82 Å². The Morgan fingerprint density at radius 3 is 2.93 bits per heavy atom. The molecule has 4 heterocycles. The van der Waals surface area contributed by atoms with Gasteiger partial charge in [-0.05, 0) is 6.92 Å². The number of nitrogens with zero attached hydrogens (tertiary/aromatic N) is 3. The van der Waals surface area contributed by atoms with Crippen molar-refractivity contribution in [2.24, 2.45) is 0 Å². The number of amides is 1. The van der Waals surface area contributed by atoms with Gasteiger partial charge in [-0.1, -0.05) is 0 Å². The molecule has 5 N–H and O–H groups in total. The van der Waals surface area contributed by atoms with Crippen LogP contribution in [0, 0.1) is 0 Å². The highest BCUT2D eigenvalue weighted by molar-refractivity contribution is 6.13. The maximum absolute atomic E-state index is 12.1. The van der Waals surface area contributed by atoms with Crippen LogP contribution in [0.15, 0.2) is 18.6 Å². The topological polar surface area (TPSA) is 151 Å². The Bertz CT molecular complexity index is 939. The summed E-state index contributed by atoms with van der Waals surface area (Å²) in [4.78, 5) is 25.4. The standard InChI is InChI=1S/C16H19N5O6/c1-16(25)12(24)9(5-22)27-15(16)21-4-7-8(20-26-2)3-10(23)19-13-11(7)14(21)18-6-17-13/h3-4,6,9,12,15,20,22,24-25H,5H2,1-2H3,(H,17,18,19,23)/t9-,12-,15-,16?/m1/s1. The molecule has 0 bridgehead atoms. The number of hydrogen-bond acceptors (Lipinski definition) is 9. The predicted octanol–water partition coefficient (Wildman–Crippen LogP) is -1.12. The zero-order valence-electron chi connectivity index (χ0n) is 14.6. The second-order valence-corrected chi connectivity index (χ2v) is 6.60. The van der Waals surface area contributed by atoms with Crippen LogP contribution in [-0.4, -0.2) is 67.3 Å². The maximum Gasteiger partial charge on any atom is 0.251 e. The molecule has 144 valence electrons. The zero-order valence-corrected chi connectivity index (χ0v) is 14.6. The first kappa shape index (κ1) is 17.8. The second-order valence-electron chi connectivity index (χ2n) is 6.60. The molecule has 1 unspecified atom stereocenters. The van der Waals surface area contributed by atoms with Crippen molar-refractivity contribution in [1.29, 1.82) is 0 Å². The highest BCUT2D eigenvalue weighted by atomic mass is 16.6. The number of hydroxylamine groups is 1. The summed E-state index contributed by atoms with van der Waals surface area (Å²) in [6.07, 6.45) is 0.927. The Hall–Kier alpha value is -2.57. The van der Waals surface area contributed by atoms with E-state index in [2.05, 4.69) is 20.8 Å². The monoisotopic (exact) mass is 377 g/mol. The number of ether oxygens (including phenoxy) is 1. The van der Waals surface area contributed by atoms with Crippen molar-refractivity contribution in [2.75, 3.05) is 19.0 Å². The highest BCUT2D eigenvalue weighted by Gasteiger charge is 2.53. The molecule has 27 heavy (non-hydrogen) atoms. The van der Waals surface area contributed by atoms with E-state index >= 15 is 0 Å². The number of carbonyl (C=O) groups excluding carboxylic acids is 1. The van der Waals surface area contributed by atoms with Crippen molar-refractivity contribution in [2.45, 2.75) is 31.0 Å². The Labute approximate surface area is 153 Å². The van der Waals surface area contributed by atoms with Crippen molar-refractivity contribution in [3.63, 3.8) is 0 Å². The van der Waals surface area contributed by atoms with Crippen molar-refractivity contribution >= 4 is 28.5 Å². The molecule has 0 saturated carbocycles. The average Bonchev–Trinajstić information content (AvgIpc) is 3.06. The van der Waals surface area contributed by atoms with Gasteiger partial charge >= 0.3 is 0 Å². The van der Waals surface area contributed by atoms with Crippen LogP contribution in [0.2, 0.25) is 0 Å². The minimum Gasteiger partial charge on any atom is -0.394 e. The van der Waals surface area contributed by atoms with Crippen molar-refractivity contribution in [3.8, 4) is 0 Å². The largest absolute Gasteiger partial charge is 0.394 e. The molecule has 11 nitrogen and oxygen atoms in total. The second kappa shape index (κ2) is 6.25. The third kappa shape index (κ3) is 2.59. The Morgan fingerprint density at radius 1 is 1.48 bits per heavy atom. The molecule has 4 atom stereocenters. The summed E-state index contributed by atoms with van der Waals surface area (Å²) in [5.74, 6) is -0.100. The fraction of sp³-hybridized carbons (Fsp3) is 0.438. The molecule has 1 fully saturated rings. The summed E-state index contributed by atoms with van der Waals surface area (Å²) in [6, 6.07) is 0. The van der Waals surface area contributed by atoms with E-state index in [1.165, 1.54) is 31.0 Å². The summed E-state index contributed by atoms with van der Waals surface area (Å²) < 4.78 is 7.23. The number of aliphatic hydroxyl groups excluding tert-OH is 2. The fourth-order valence-corrected chi connectivity index (χ4v) is 3.51. The van der Waals surface area contributed by atoms with Gasteiger partial charge in [-0.25, -0.2) is 9.97 Å². The molecule has 11 heteroatoms. The van der Waals surface area contributed by atoms with E-state index in [-0.39, 0.29) is 0 Å². The third-order valence-corrected chi connectivity index (χ3v) is 4.82. The van der Waals surface area contributed by atoms with E-state index in [0.29, 0.717) is 28.1 Å². The lowest BCUT2D eigenvalue weighted by atomic mass is 9.96. The molecular formula is C16H19N5O6. The number of aromatic nitrogens is 3. The fourth-order valence-electron chi connectivity index (χ4n) is 3.51. The molecular weight excluding hydrogens is 358 g/mol. The van der Waals surface area contributed by atoms with E-state index in [4.69, 9.17) is 9.57 Å². The van der Waals surface area contributed by atoms with E-state index in [1.807, 2.05) is 0 Å². The van der Waals surface area contributed by atoms with Crippen LogP contribution in [0.5, 0.6) is 0 Å². The van der Waals surface area contributed by atoms with Crippen LogP contribution < -0.4 is 10.8 Å². The van der Waals surface area contributed by atoms with Gasteiger partial charge in [0.05, 0.1) is 24.8 Å². The van der Waals surface area contributed by atoms with Gasteiger partial charge in [-0.15, -0.1) is 0 Å². The summed E-state index contributed by atoms with van der Waals surface area (Å²) in [7, 11) is 1.41. The predicted molar refractivity (Wildman–Crippen MR) is 91.9 cm³/mol. The Kier molecular flexibility index (Phi) is 4.13. The molecule has 1 amide bonds. The minimum absolute atomic E-state index is 0.291. The summed E-state index contributed by atoms with van der Waals surface area (Å²) >= 11 is 0. The molecule has 2 aromatic rings. The van der Waals surface area contributed by atoms with Gasteiger partial charge in [0.2, 0.25) is 0 Å². The first-order valence-corrected chi connectivity index (χ1v) is 8.22. The molecule has 1 saturated heterocycles. The number of hydrogen-bond donors (Lipinski definition) is 5.